The average Bonchev–Trinajstić information content (AvgIpc) is 2.69. The van der Waals surface area contributed by atoms with Crippen LogP contribution in [0, 0.1) is 0 Å². The third-order valence-electron chi connectivity index (χ3n) is 4.13. The first kappa shape index (κ1) is 19.9. The lowest BCUT2D eigenvalue weighted by molar-refractivity contribution is 0.261. The summed E-state index contributed by atoms with van der Waals surface area (Å²) in [6, 6.07) is 17.9. The molecule has 0 fully saturated rings. The Morgan fingerprint density at radius 3 is 1.96 bits per heavy atom. The van der Waals surface area contributed by atoms with E-state index in [1.165, 1.54) is 6.07 Å². The van der Waals surface area contributed by atoms with Gasteiger partial charge in [0.25, 0.3) is 10.1 Å². The molecule has 3 aromatic rings. The lowest BCUT2D eigenvalue weighted by Gasteiger charge is -2.22. The minimum absolute atomic E-state index is 0.129. The van der Waals surface area contributed by atoms with E-state index in [4.69, 9.17) is 0 Å². The van der Waals surface area contributed by atoms with E-state index in [9.17, 15) is 13.0 Å². The summed E-state index contributed by atoms with van der Waals surface area (Å²) in [4.78, 5) is 10.8. The predicted molar refractivity (Wildman–Crippen MR) is 107 cm³/mol. The molecule has 0 aliphatic heterocycles. The molecule has 0 bridgehead atoms. The molecule has 0 aliphatic carbocycles. The number of nitrogens with zero attached hydrogens (tertiary/aromatic N) is 3. The zero-order chi connectivity index (χ0) is 19.8. The number of aromatic nitrogens is 2. The number of anilines is 1. The number of hydrogen-bond acceptors (Lipinski definition) is 6. The summed E-state index contributed by atoms with van der Waals surface area (Å²) < 4.78 is 32.4. The van der Waals surface area contributed by atoms with Gasteiger partial charge in [-0.05, 0) is 36.4 Å². The van der Waals surface area contributed by atoms with Crippen LogP contribution in [0.3, 0.4) is 0 Å². The number of nitrogens with one attached hydrogen (secondary N) is 1. The second-order valence-electron chi connectivity index (χ2n) is 6.25. The van der Waals surface area contributed by atoms with E-state index in [1.54, 1.807) is 30.6 Å². The Labute approximate surface area is 164 Å². The molecule has 0 atom stereocenters. The van der Waals surface area contributed by atoms with E-state index in [0.29, 0.717) is 31.9 Å². The second-order valence-corrected chi connectivity index (χ2v) is 7.64. The van der Waals surface area contributed by atoms with Crippen molar-refractivity contribution < 1.29 is 13.0 Å². The molecule has 0 spiro atoms. The minimum Gasteiger partial charge on any atom is -0.383 e. The molecule has 2 N–H and O–H groups in total. The van der Waals surface area contributed by atoms with Crippen molar-refractivity contribution in [2.24, 2.45) is 0 Å². The van der Waals surface area contributed by atoms with E-state index >= 15 is 0 Å². The Balaban J connectivity index is 1.68. The van der Waals surface area contributed by atoms with E-state index in [1.807, 2.05) is 36.4 Å². The van der Waals surface area contributed by atoms with Crippen LogP contribution < -0.4 is 5.32 Å². The first-order chi connectivity index (χ1) is 13.5. The number of rotatable bonds is 9. The van der Waals surface area contributed by atoms with Gasteiger partial charge in [0.15, 0.2) is 0 Å². The van der Waals surface area contributed by atoms with Crippen LogP contribution in [-0.4, -0.2) is 40.9 Å². The maximum absolute atomic E-state index is 11.5. The monoisotopic (exact) mass is 398 g/mol. The molecule has 28 heavy (non-hydrogen) atoms. The number of benzene rings is 1. The van der Waals surface area contributed by atoms with E-state index in [-0.39, 0.29) is 4.90 Å². The molecule has 0 unspecified atom stereocenters. The zero-order valence-electron chi connectivity index (χ0n) is 15.3. The Hall–Kier alpha value is -2.81. The summed E-state index contributed by atoms with van der Waals surface area (Å²) in [5.41, 5.74) is 2.26. The first-order valence-corrected chi connectivity index (χ1v) is 10.3. The Morgan fingerprint density at radius 2 is 1.43 bits per heavy atom. The highest BCUT2D eigenvalue weighted by Gasteiger charge is 2.15. The molecule has 0 saturated carbocycles. The maximum atomic E-state index is 11.5. The minimum atomic E-state index is -4.28. The number of hydrogen-bond donors (Lipinski definition) is 2. The molecule has 0 aliphatic rings. The molecule has 7 nitrogen and oxygen atoms in total. The van der Waals surface area contributed by atoms with Crippen LogP contribution in [0.2, 0.25) is 0 Å². The molecule has 0 saturated heterocycles. The van der Waals surface area contributed by atoms with Crippen LogP contribution in [0.1, 0.15) is 11.4 Å². The summed E-state index contributed by atoms with van der Waals surface area (Å²) >= 11 is 0. The summed E-state index contributed by atoms with van der Waals surface area (Å²) in [5.74, 6) is 0. The third kappa shape index (κ3) is 5.85. The first-order valence-electron chi connectivity index (χ1n) is 8.85. The van der Waals surface area contributed by atoms with Crippen molar-refractivity contribution in [3.8, 4) is 0 Å². The lowest BCUT2D eigenvalue weighted by atomic mass is 10.2. The van der Waals surface area contributed by atoms with Crippen molar-refractivity contribution in [1.82, 2.24) is 14.9 Å². The fraction of sp³-hybridized carbons (Fsp3) is 0.200. The second kappa shape index (κ2) is 9.41. The van der Waals surface area contributed by atoms with E-state index < -0.39 is 10.1 Å². The van der Waals surface area contributed by atoms with Gasteiger partial charge < -0.3 is 5.32 Å². The van der Waals surface area contributed by atoms with Crippen LogP contribution in [-0.2, 0) is 23.2 Å². The van der Waals surface area contributed by atoms with E-state index in [0.717, 1.165) is 11.4 Å². The van der Waals surface area contributed by atoms with Gasteiger partial charge >= 0.3 is 0 Å². The zero-order valence-corrected chi connectivity index (χ0v) is 16.1. The molecular formula is C20H22N4O3S. The molecule has 3 rings (SSSR count). The highest BCUT2D eigenvalue weighted by Crippen LogP contribution is 2.20. The quantitative estimate of drug-likeness (QED) is 0.535. The lowest BCUT2D eigenvalue weighted by Crippen LogP contribution is -2.29. The molecule has 2 heterocycles. The van der Waals surface area contributed by atoms with Crippen molar-refractivity contribution in [2.75, 3.05) is 18.4 Å². The largest absolute Gasteiger partial charge is 0.383 e. The average molecular weight is 398 g/mol. The topological polar surface area (TPSA) is 95.4 Å². The van der Waals surface area contributed by atoms with Gasteiger partial charge in [-0.3, -0.25) is 19.4 Å². The number of para-hydroxylation sites is 1. The molecule has 8 heteroatoms. The maximum Gasteiger partial charge on any atom is 0.296 e. The smallest absolute Gasteiger partial charge is 0.296 e. The number of pyridine rings is 2. The molecular weight excluding hydrogens is 376 g/mol. The standard InChI is InChI=1S/C20H22N4O3S/c25-28(26,27)20-10-2-1-9-19(20)23-13-14-24(15-17-7-3-5-11-21-17)16-18-8-4-6-12-22-18/h1-12,23H,13-16H2,(H,25,26,27). The Morgan fingerprint density at radius 1 is 0.857 bits per heavy atom. The van der Waals surface area contributed by atoms with Crippen molar-refractivity contribution in [2.45, 2.75) is 18.0 Å². The highest BCUT2D eigenvalue weighted by molar-refractivity contribution is 7.86. The van der Waals surface area contributed by atoms with Gasteiger partial charge in [-0.2, -0.15) is 8.42 Å². The van der Waals surface area contributed by atoms with Crippen molar-refractivity contribution in [1.29, 1.82) is 0 Å². The summed E-state index contributed by atoms with van der Waals surface area (Å²) in [6.07, 6.45) is 3.52. The molecule has 146 valence electrons. The van der Waals surface area contributed by atoms with Gasteiger partial charge in [-0.25, -0.2) is 0 Å². The van der Waals surface area contributed by atoms with Gasteiger partial charge in [0.05, 0.1) is 17.1 Å². The summed E-state index contributed by atoms with van der Waals surface area (Å²) in [6.45, 7) is 2.40. The third-order valence-corrected chi connectivity index (χ3v) is 5.04. The van der Waals surface area contributed by atoms with Gasteiger partial charge in [0.2, 0.25) is 0 Å². The van der Waals surface area contributed by atoms with Crippen molar-refractivity contribution >= 4 is 15.8 Å². The predicted octanol–water partition coefficient (Wildman–Crippen LogP) is 2.84. The van der Waals surface area contributed by atoms with Crippen LogP contribution in [0.15, 0.2) is 78.0 Å². The van der Waals surface area contributed by atoms with Crippen LogP contribution in [0.25, 0.3) is 0 Å². The Kier molecular flexibility index (Phi) is 6.70. The SMILES string of the molecule is O=S(=O)(O)c1ccccc1NCCN(Cc1ccccn1)Cc1ccccn1. The van der Waals surface area contributed by atoms with Gasteiger partial charge in [0.1, 0.15) is 4.90 Å². The fourth-order valence-corrected chi connectivity index (χ4v) is 3.51. The van der Waals surface area contributed by atoms with Gasteiger partial charge in [0, 0.05) is 38.6 Å². The molecule has 1 aromatic carbocycles. The van der Waals surface area contributed by atoms with Crippen LogP contribution >= 0.6 is 0 Å². The van der Waals surface area contributed by atoms with E-state index in [2.05, 4.69) is 20.2 Å². The fourth-order valence-electron chi connectivity index (χ4n) is 2.84. The highest BCUT2D eigenvalue weighted by atomic mass is 32.2. The summed E-state index contributed by atoms with van der Waals surface area (Å²) in [5, 5.41) is 3.10. The molecule has 0 amide bonds. The van der Waals surface area contributed by atoms with Gasteiger partial charge in [-0.15, -0.1) is 0 Å². The van der Waals surface area contributed by atoms with Crippen LogP contribution in [0.4, 0.5) is 5.69 Å². The Bertz CT molecular complexity index is 941. The van der Waals surface area contributed by atoms with Crippen molar-refractivity contribution in [3.63, 3.8) is 0 Å². The van der Waals surface area contributed by atoms with Gasteiger partial charge in [-0.1, -0.05) is 24.3 Å². The summed E-state index contributed by atoms with van der Waals surface area (Å²) in [7, 11) is -4.28. The van der Waals surface area contributed by atoms with Crippen LogP contribution in [0.5, 0.6) is 0 Å². The normalized spacial score (nSPS) is 11.5. The van der Waals surface area contributed by atoms with Crippen molar-refractivity contribution in [3.05, 3.63) is 84.4 Å². The molecule has 2 aromatic heterocycles. The molecule has 0 radical (unpaired) electrons.